The number of hydrogen-bond donors (Lipinski definition) is 2. The lowest BCUT2D eigenvalue weighted by molar-refractivity contribution is -0.147. The Hall–Kier alpha value is -2.52. The number of imide groups is 1. The van der Waals surface area contributed by atoms with Gasteiger partial charge in [0.2, 0.25) is 5.91 Å². The second kappa shape index (κ2) is 10.6. The number of ether oxygens (including phenoxy) is 1. The molecule has 1 aromatic heterocycles. The molecule has 2 aliphatic rings. The third kappa shape index (κ3) is 6.30. The van der Waals surface area contributed by atoms with Gasteiger partial charge in [-0.05, 0) is 57.6 Å². The molecule has 0 bridgehead atoms. The van der Waals surface area contributed by atoms with E-state index >= 15 is 0 Å². The number of rotatable bonds is 5. The van der Waals surface area contributed by atoms with Gasteiger partial charge in [0.1, 0.15) is 12.4 Å². The van der Waals surface area contributed by atoms with Crippen molar-refractivity contribution in [3.63, 3.8) is 0 Å². The Kier molecular flexibility index (Phi) is 8.15. The van der Waals surface area contributed by atoms with Crippen molar-refractivity contribution in [1.82, 2.24) is 15.2 Å². The van der Waals surface area contributed by atoms with Gasteiger partial charge in [-0.15, -0.1) is 0 Å². The van der Waals surface area contributed by atoms with Crippen molar-refractivity contribution in [1.29, 1.82) is 0 Å². The Labute approximate surface area is 158 Å². The molecule has 0 atom stereocenters. The predicted octanol–water partition coefficient (Wildman–Crippen LogP) is 0.358. The molecule has 2 saturated heterocycles. The van der Waals surface area contributed by atoms with E-state index in [4.69, 9.17) is 10.5 Å². The molecular formula is C18H27N5O4. The molecule has 9 nitrogen and oxygen atoms in total. The summed E-state index contributed by atoms with van der Waals surface area (Å²) in [6.45, 7) is 3.86. The molecule has 3 amide bonds. The zero-order valence-electron chi connectivity index (χ0n) is 15.6. The van der Waals surface area contributed by atoms with Gasteiger partial charge in [-0.3, -0.25) is 19.8 Å². The van der Waals surface area contributed by atoms with Crippen LogP contribution < -0.4 is 16.0 Å². The second-order valence-electron chi connectivity index (χ2n) is 6.41. The maximum atomic E-state index is 11.2. The highest BCUT2D eigenvalue weighted by atomic mass is 16.5. The topological polar surface area (TPSA) is 118 Å². The van der Waals surface area contributed by atoms with E-state index in [-0.39, 0.29) is 24.3 Å². The monoisotopic (exact) mass is 377 g/mol. The number of esters is 1. The van der Waals surface area contributed by atoms with E-state index in [0.29, 0.717) is 5.82 Å². The van der Waals surface area contributed by atoms with Crippen LogP contribution in [0.1, 0.15) is 19.3 Å². The third-order valence-corrected chi connectivity index (χ3v) is 4.52. The van der Waals surface area contributed by atoms with E-state index in [1.54, 1.807) is 24.4 Å². The van der Waals surface area contributed by atoms with Gasteiger partial charge in [0.25, 0.3) is 0 Å². The number of nitrogens with one attached hydrogen (secondary N) is 1. The molecular weight excluding hydrogens is 350 g/mol. The van der Waals surface area contributed by atoms with Crippen molar-refractivity contribution >= 4 is 23.7 Å². The van der Waals surface area contributed by atoms with Crippen molar-refractivity contribution in [2.24, 2.45) is 11.7 Å². The number of nitrogens with two attached hydrogens (primary N) is 1. The molecule has 0 spiro atoms. The van der Waals surface area contributed by atoms with Gasteiger partial charge in [0.15, 0.2) is 0 Å². The van der Waals surface area contributed by atoms with Crippen LogP contribution >= 0.6 is 0 Å². The average Bonchev–Trinajstić information content (AvgIpc) is 3.05. The lowest BCUT2D eigenvalue weighted by Gasteiger charge is -2.30. The fraction of sp³-hybridized carbons (Fsp3) is 0.556. The Balaban J connectivity index is 0.000000194. The van der Waals surface area contributed by atoms with Gasteiger partial charge >= 0.3 is 12.0 Å². The van der Waals surface area contributed by atoms with Crippen LogP contribution in [0.4, 0.5) is 10.6 Å². The maximum Gasteiger partial charge on any atom is 0.330 e. The normalized spacial score (nSPS) is 17.9. The highest BCUT2D eigenvalue weighted by Crippen LogP contribution is 2.18. The molecule has 2 fully saturated rings. The van der Waals surface area contributed by atoms with Crippen LogP contribution in [0.2, 0.25) is 0 Å². The number of anilines is 1. The quantitative estimate of drug-likeness (QED) is 0.562. The van der Waals surface area contributed by atoms with Gasteiger partial charge in [0, 0.05) is 6.20 Å². The number of hydrogen-bond acceptors (Lipinski definition) is 7. The molecule has 0 saturated carbocycles. The Bertz CT molecular complexity index is 632. The molecule has 3 N–H and O–H groups in total. The first-order chi connectivity index (χ1) is 13.0. The number of urea groups is 1. The largest absolute Gasteiger partial charge is 0.469 e. The summed E-state index contributed by atoms with van der Waals surface area (Å²) in [5.41, 5.74) is 5.44. The number of carbonyl (C=O) groups is 3. The van der Waals surface area contributed by atoms with Crippen LogP contribution in [0.3, 0.4) is 0 Å². The van der Waals surface area contributed by atoms with E-state index in [9.17, 15) is 14.4 Å². The minimum Gasteiger partial charge on any atom is -0.469 e. The first-order valence-electron chi connectivity index (χ1n) is 9.07. The lowest BCUT2D eigenvalue weighted by Crippen LogP contribution is -2.37. The van der Waals surface area contributed by atoms with Crippen LogP contribution in [0.15, 0.2) is 24.4 Å². The predicted molar refractivity (Wildman–Crippen MR) is 100.0 cm³/mol. The number of piperidine rings is 1. The molecule has 0 unspecified atom stereocenters. The van der Waals surface area contributed by atoms with Crippen molar-refractivity contribution in [3.8, 4) is 0 Å². The van der Waals surface area contributed by atoms with Gasteiger partial charge in [-0.1, -0.05) is 6.07 Å². The molecule has 27 heavy (non-hydrogen) atoms. The van der Waals surface area contributed by atoms with E-state index in [1.165, 1.54) is 12.0 Å². The summed E-state index contributed by atoms with van der Waals surface area (Å²) < 4.78 is 4.73. The van der Waals surface area contributed by atoms with Crippen molar-refractivity contribution in [2.75, 3.05) is 44.7 Å². The summed E-state index contributed by atoms with van der Waals surface area (Å²) in [4.78, 5) is 40.8. The minimum atomic E-state index is -0.413. The van der Waals surface area contributed by atoms with Crippen LogP contribution in [-0.2, 0) is 14.3 Å². The summed E-state index contributed by atoms with van der Waals surface area (Å²) in [6.07, 6.45) is 4.47. The van der Waals surface area contributed by atoms with Crippen LogP contribution in [-0.4, -0.2) is 67.6 Å². The van der Waals surface area contributed by atoms with Crippen molar-refractivity contribution < 1.29 is 19.1 Å². The Morgan fingerprint density at radius 1 is 1.33 bits per heavy atom. The summed E-state index contributed by atoms with van der Waals surface area (Å²) in [6, 6.07) is 4.78. The zero-order valence-corrected chi connectivity index (χ0v) is 15.6. The first-order valence-corrected chi connectivity index (χ1v) is 9.07. The number of aromatic nitrogens is 1. The Morgan fingerprint density at radius 3 is 2.59 bits per heavy atom. The molecule has 3 heterocycles. The number of pyridine rings is 1. The molecule has 0 aromatic carbocycles. The summed E-state index contributed by atoms with van der Waals surface area (Å²) in [5.74, 6) is 0.263. The second-order valence-corrected chi connectivity index (χ2v) is 6.41. The summed E-state index contributed by atoms with van der Waals surface area (Å²) >= 11 is 0. The SMILES string of the molecule is COC(=O)C1CCN(CCCN)CC1.O=C1CN(c2ccccn2)C(=O)N1. The molecule has 0 radical (unpaired) electrons. The van der Waals surface area contributed by atoms with Gasteiger partial charge < -0.3 is 15.4 Å². The van der Waals surface area contributed by atoms with Crippen LogP contribution in [0, 0.1) is 5.92 Å². The van der Waals surface area contributed by atoms with E-state index in [1.807, 2.05) is 0 Å². The summed E-state index contributed by atoms with van der Waals surface area (Å²) in [5, 5.41) is 2.17. The molecule has 9 heteroatoms. The number of amides is 3. The first kappa shape index (κ1) is 20.8. The summed E-state index contributed by atoms with van der Waals surface area (Å²) in [7, 11) is 1.46. The molecule has 3 rings (SSSR count). The molecule has 0 aliphatic carbocycles. The fourth-order valence-electron chi connectivity index (χ4n) is 3.01. The van der Waals surface area contributed by atoms with Crippen LogP contribution in [0.5, 0.6) is 0 Å². The van der Waals surface area contributed by atoms with E-state index in [2.05, 4.69) is 15.2 Å². The maximum absolute atomic E-state index is 11.2. The molecule has 2 aliphatic heterocycles. The van der Waals surface area contributed by atoms with E-state index < -0.39 is 6.03 Å². The van der Waals surface area contributed by atoms with Gasteiger partial charge in [0.05, 0.1) is 13.0 Å². The number of likely N-dealkylation sites (tertiary alicyclic amines) is 1. The van der Waals surface area contributed by atoms with Crippen molar-refractivity contribution in [2.45, 2.75) is 19.3 Å². The van der Waals surface area contributed by atoms with Gasteiger partial charge in [-0.2, -0.15) is 0 Å². The smallest absolute Gasteiger partial charge is 0.330 e. The number of methoxy groups -OCH3 is 1. The standard InChI is InChI=1S/C10H20N2O2.C8H7N3O2/c1-14-10(13)9-3-7-12(8-4-9)6-2-5-11;12-7-5-11(8(13)10-7)6-3-1-2-4-9-6/h9H,2-8,11H2,1H3;1-4H,5H2,(H,10,12,13). The van der Waals surface area contributed by atoms with E-state index in [0.717, 1.165) is 45.4 Å². The lowest BCUT2D eigenvalue weighted by atomic mass is 9.97. The van der Waals surface area contributed by atoms with Gasteiger partial charge in [-0.25, -0.2) is 9.78 Å². The Morgan fingerprint density at radius 2 is 2.07 bits per heavy atom. The zero-order chi connectivity index (χ0) is 19.6. The number of carbonyl (C=O) groups excluding carboxylic acids is 3. The highest BCUT2D eigenvalue weighted by molar-refractivity contribution is 6.11. The number of nitrogens with zero attached hydrogens (tertiary/aromatic N) is 3. The molecule has 1 aromatic rings. The minimum absolute atomic E-state index is 0.0514. The van der Waals surface area contributed by atoms with Crippen molar-refractivity contribution in [3.05, 3.63) is 24.4 Å². The average molecular weight is 377 g/mol. The van der Waals surface area contributed by atoms with Crippen LogP contribution in [0.25, 0.3) is 0 Å². The fourth-order valence-corrected chi connectivity index (χ4v) is 3.01. The highest BCUT2D eigenvalue weighted by Gasteiger charge is 2.28. The molecule has 148 valence electrons. The third-order valence-electron chi connectivity index (χ3n) is 4.52.